The molecule has 0 saturated heterocycles. The van der Waals surface area contributed by atoms with Crippen molar-refractivity contribution in [3.8, 4) is 0 Å². The smallest absolute Gasteiger partial charge is 0.224 e. The van der Waals surface area contributed by atoms with Gasteiger partial charge in [0, 0.05) is 5.54 Å². The zero-order chi connectivity index (χ0) is 12.2. The fraction of sp³-hybridized carbons (Fsp3) is 0.500. The summed E-state index contributed by atoms with van der Waals surface area (Å²) >= 11 is 0. The van der Waals surface area contributed by atoms with E-state index in [1.807, 2.05) is 45.0 Å². The van der Waals surface area contributed by atoms with Crippen molar-refractivity contribution < 1.29 is 4.79 Å². The summed E-state index contributed by atoms with van der Waals surface area (Å²) in [5.41, 5.74) is 2.17. The molecule has 1 amide bonds. The van der Waals surface area contributed by atoms with Gasteiger partial charge in [-0.3, -0.25) is 4.79 Å². The Morgan fingerprint density at radius 1 is 1.31 bits per heavy atom. The van der Waals surface area contributed by atoms with Gasteiger partial charge in [-0.1, -0.05) is 31.2 Å². The Morgan fingerprint density at radius 3 is 2.50 bits per heavy atom. The lowest BCUT2D eigenvalue weighted by Gasteiger charge is -2.24. The van der Waals surface area contributed by atoms with E-state index in [1.54, 1.807) is 0 Å². The second-order valence-electron chi connectivity index (χ2n) is 4.89. The molecule has 0 spiro atoms. The third-order valence-electron chi connectivity index (χ3n) is 2.97. The lowest BCUT2D eigenvalue weighted by Crippen LogP contribution is -2.43. The summed E-state index contributed by atoms with van der Waals surface area (Å²) < 4.78 is 0. The SMILES string of the molecule is CCC(C)(C)NC(=O)Cc1ccccc1C. The minimum atomic E-state index is -0.111. The molecule has 0 bridgehead atoms. The zero-order valence-electron chi connectivity index (χ0n) is 10.6. The van der Waals surface area contributed by atoms with E-state index in [9.17, 15) is 4.79 Å². The van der Waals surface area contributed by atoms with Crippen LogP contribution in [0.5, 0.6) is 0 Å². The minimum absolute atomic E-state index is 0.0983. The zero-order valence-corrected chi connectivity index (χ0v) is 10.6. The molecule has 88 valence electrons. The predicted molar refractivity (Wildman–Crippen MR) is 67.4 cm³/mol. The Hall–Kier alpha value is -1.31. The summed E-state index contributed by atoms with van der Waals surface area (Å²) in [6.45, 7) is 8.20. The van der Waals surface area contributed by atoms with Crippen molar-refractivity contribution in [2.24, 2.45) is 0 Å². The number of carbonyl (C=O) groups excluding carboxylic acids is 1. The molecule has 0 aromatic heterocycles. The number of rotatable bonds is 4. The Kier molecular flexibility index (Phi) is 4.11. The first-order valence-corrected chi connectivity index (χ1v) is 5.80. The maximum atomic E-state index is 11.8. The number of carbonyl (C=O) groups is 1. The van der Waals surface area contributed by atoms with E-state index in [0.29, 0.717) is 6.42 Å². The Labute approximate surface area is 98.1 Å². The summed E-state index contributed by atoms with van der Waals surface area (Å²) in [6.07, 6.45) is 1.41. The van der Waals surface area contributed by atoms with Crippen LogP contribution in [0.15, 0.2) is 24.3 Å². The molecule has 1 aromatic carbocycles. The van der Waals surface area contributed by atoms with Crippen molar-refractivity contribution in [2.75, 3.05) is 0 Å². The molecule has 0 aliphatic carbocycles. The number of hydrogen-bond acceptors (Lipinski definition) is 1. The lowest BCUT2D eigenvalue weighted by atomic mass is 10.0. The van der Waals surface area contributed by atoms with E-state index in [1.165, 1.54) is 5.56 Å². The van der Waals surface area contributed by atoms with Crippen LogP contribution in [0.1, 0.15) is 38.3 Å². The Morgan fingerprint density at radius 2 is 1.94 bits per heavy atom. The van der Waals surface area contributed by atoms with Crippen molar-refractivity contribution in [1.82, 2.24) is 5.32 Å². The maximum Gasteiger partial charge on any atom is 0.224 e. The third kappa shape index (κ3) is 3.69. The molecule has 2 heteroatoms. The van der Waals surface area contributed by atoms with Gasteiger partial charge in [-0.15, -0.1) is 0 Å². The van der Waals surface area contributed by atoms with Crippen LogP contribution >= 0.6 is 0 Å². The minimum Gasteiger partial charge on any atom is -0.351 e. The average Bonchev–Trinajstić information content (AvgIpc) is 2.21. The molecular formula is C14H21NO. The summed E-state index contributed by atoms with van der Waals surface area (Å²) in [5.74, 6) is 0.0983. The normalized spacial score (nSPS) is 11.2. The summed E-state index contributed by atoms with van der Waals surface area (Å²) in [5, 5.41) is 3.04. The van der Waals surface area contributed by atoms with E-state index >= 15 is 0 Å². The predicted octanol–water partition coefficient (Wildman–Crippen LogP) is 2.84. The van der Waals surface area contributed by atoms with Gasteiger partial charge in [0.2, 0.25) is 5.91 Å². The summed E-state index contributed by atoms with van der Waals surface area (Å²) in [7, 11) is 0. The van der Waals surface area contributed by atoms with Crippen LogP contribution in [-0.2, 0) is 11.2 Å². The third-order valence-corrected chi connectivity index (χ3v) is 2.97. The highest BCUT2D eigenvalue weighted by atomic mass is 16.1. The fourth-order valence-corrected chi connectivity index (χ4v) is 1.49. The highest BCUT2D eigenvalue weighted by Crippen LogP contribution is 2.10. The van der Waals surface area contributed by atoms with E-state index in [0.717, 1.165) is 12.0 Å². The van der Waals surface area contributed by atoms with Gasteiger partial charge in [-0.25, -0.2) is 0 Å². The van der Waals surface area contributed by atoms with E-state index in [2.05, 4.69) is 12.2 Å². The summed E-state index contributed by atoms with van der Waals surface area (Å²) in [6, 6.07) is 8.01. The topological polar surface area (TPSA) is 29.1 Å². The molecule has 1 rings (SSSR count). The highest BCUT2D eigenvalue weighted by Gasteiger charge is 2.17. The van der Waals surface area contributed by atoms with Gasteiger partial charge in [0.1, 0.15) is 0 Å². The molecule has 0 radical (unpaired) electrons. The van der Waals surface area contributed by atoms with Gasteiger partial charge >= 0.3 is 0 Å². The lowest BCUT2D eigenvalue weighted by molar-refractivity contribution is -0.122. The number of hydrogen-bond donors (Lipinski definition) is 1. The van der Waals surface area contributed by atoms with Crippen molar-refractivity contribution in [3.63, 3.8) is 0 Å². The van der Waals surface area contributed by atoms with Crippen LogP contribution < -0.4 is 5.32 Å². The first kappa shape index (κ1) is 12.8. The molecule has 0 atom stereocenters. The molecule has 0 heterocycles. The molecule has 1 N–H and O–H groups in total. The van der Waals surface area contributed by atoms with Gasteiger partial charge in [0.25, 0.3) is 0 Å². The standard InChI is InChI=1S/C14H21NO/c1-5-14(3,4)15-13(16)10-12-9-7-6-8-11(12)2/h6-9H,5,10H2,1-4H3,(H,15,16). The number of aryl methyl sites for hydroxylation is 1. The monoisotopic (exact) mass is 219 g/mol. The van der Waals surface area contributed by atoms with E-state index in [4.69, 9.17) is 0 Å². The molecule has 1 aromatic rings. The molecular weight excluding hydrogens is 198 g/mol. The van der Waals surface area contributed by atoms with Gasteiger partial charge in [0.15, 0.2) is 0 Å². The molecule has 0 fully saturated rings. The van der Waals surface area contributed by atoms with Crippen LogP contribution in [0.4, 0.5) is 0 Å². The summed E-state index contributed by atoms with van der Waals surface area (Å²) in [4.78, 5) is 11.8. The number of nitrogens with one attached hydrogen (secondary N) is 1. The molecule has 0 aliphatic rings. The fourth-order valence-electron chi connectivity index (χ4n) is 1.49. The molecule has 0 aliphatic heterocycles. The van der Waals surface area contributed by atoms with Crippen LogP contribution in [-0.4, -0.2) is 11.4 Å². The van der Waals surface area contributed by atoms with Crippen molar-refractivity contribution >= 4 is 5.91 Å². The first-order valence-electron chi connectivity index (χ1n) is 5.80. The van der Waals surface area contributed by atoms with Crippen LogP contribution in [0.25, 0.3) is 0 Å². The average molecular weight is 219 g/mol. The second kappa shape index (κ2) is 5.15. The number of amides is 1. The van der Waals surface area contributed by atoms with Crippen LogP contribution in [0.3, 0.4) is 0 Å². The Balaban J connectivity index is 2.62. The largest absolute Gasteiger partial charge is 0.351 e. The van der Waals surface area contributed by atoms with Crippen molar-refractivity contribution in [3.05, 3.63) is 35.4 Å². The Bertz CT molecular complexity index is 369. The first-order chi connectivity index (χ1) is 7.44. The van der Waals surface area contributed by atoms with Crippen molar-refractivity contribution in [2.45, 2.75) is 46.1 Å². The van der Waals surface area contributed by atoms with Crippen molar-refractivity contribution in [1.29, 1.82) is 0 Å². The van der Waals surface area contributed by atoms with Gasteiger partial charge < -0.3 is 5.32 Å². The highest BCUT2D eigenvalue weighted by molar-refractivity contribution is 5.79. The molecule has 16 heavy (non-hydrogen) atoms. The van der Waals surface area contributed by atoms with Gasteiger partial charge in [-0.05, 0) is 38.3 Å². The molecule has 2 nitrogen and oxygen atoms in total. The van der Waals surface area contributed by atoms with Crippen LogP contribution in [0, 0.1) is 6.92 Å². The maximum absolute atomic E-state index is 11.8. The quantitative estimate of drug-likeness (QED) is 0.829. The van der Waals surface area contributed by atoms with E-state index in [-0.39, 0.29) is 11.4 Å². The molecule has 0 saturated carbocycles. The van der Waals surface area contributed by atoms with Gasteiger partial charge in [0.05, 0.1) is 6.42 Å². The van der Waals surface area contributed by atoms with Gasteiger partial charge in [-0.2, -0.15) is 0 Å². The number of benzene rings is 1. The second-order valence-corrected chi connectivity index (χ2v) is 4.89. The molecule has 0 unspecified atom stereocenters. The van der Waals surface area contributed by atoms with E-state index < -0.39 is 0 Å². The van der Waals surface area contributed by atoms with Crippen LogP contribution in [0.2, 0.25) is 0 Å².